The highest BCUT2D eigenvalue weighted by molar-refractivity contribution is 5.86. The van der Waals surface area contributed by atoms with Gasteiger partial charge in [0.05, 0.1) is 0 Å². The Balaban J connectivity index is 4.47. The van der Waals surface area contributed by atoms with Crippen LogP contribution in [0.15, 0.2) is 0 Å². The minimum absolute atomic E-state index is 0.00308. The van der Waals surface area contributed by atoms with Gasteiger partial charge in [0.15, 0.2) is 0 Å². The largest absolute Gasteiger partial charge is 0.480 e. The van der Waals surface area contributed by atoms with Crippen LogP contribution in [-0.4, -0.2) is 53.1 Å². The van der Waals surface area contributed by atoms with E-state index in [-0.39, 0.29) is 24.9 Å². The number of rotatable bonds is 7. The van der Waals surface area contributed by atoms with E-state index in [0.29, 0.717) is 6.54 Å². The molecule has 0 aromatic rings. The van der Waals surface area contributed by atoms with Gasteiger partial charge in [-0.25, -0.2) is 9.59 Å². The lowest BCUT2D eigenvalue weighted by Crippen LogP contribution is -2.50. The monoisotopic (exact) mass is 273 g/mol. The van der Waals surface area contributed by atoms with Gasteiger partial charge >= 0.3 is 12.0 Å². The van der Waals surface area contributed by atoms with Crippen LogP contribution in [0, 0.1) is 0 Å². The van der Waals surface area contributed by atoms with Crippen molar-refractivity contribution in [1.82, 2.24) is 15.5 Å². The van der Waals surface area contributed by atoms with Crippen molar-refractivity contribution < 1.29 is 19.5 Å². The van der Waals surface area contributed by atoms with Gasteiger partial charge in [0.1, 0.15) is 12.6 Å². The lowest BCUT2D eigenvalue weighted by Gasteiger charge is -2.23. The summed E-state index contributed by atoms with van der Waals surface area (Å²) in [5, 5.41) is 13.9. The van der Waals surface area contributed by atoms with Gasteiger partial charge in [-0.05, 0) is 27.2 Å². The fourth-order valence-electron chi connectivity index (χ4n) is 1.45. The highest BCUT2D eigenvalue weighted by atomic mass is 16.4. The number of likely N-dealkylation sites (N-methyl/N-ethyl adjacent to an activating group) is 1. The lowest BCUT2D eigenvalue weighted by molar-refractivity contribution is -0.139. The Morgan fingerprint density at radius 2 is 1.74 bits per heavy atom. The van der Waals surface area contributed by atoms with Crippen molar-refractivity contribution in [3.05, 3.63) is 0 Å². The number of hydrogen-bond acceptors (Lipinski definition) is 3. The van der Waals surface area contributed by atoms with E-state index in [1.807, 2.05) is 13.8 Å². The van der Waals surface area contributed by atoms with Gasteiger partial charge in [0, 0.05) is 12.6 Å². The predicted octanol–water partition coefficient (Wildman–Crippen LogP) is 0.406. The summed E-state index contributed by atoms with van der Waals surface area (Å²) in [6.45, 7) is 7.28. The van der Waals surface area contributed by atoms with Gasteiger partial charge in [-0.2, -0.15) is 0 Å². The van der Waals surface area contributed by atoms with Gasteiger partial charge in [0.25, 0.3) is 0 Å². The number of carbonyl (C=O) groups is 3. The van der Waals surface area contributed by atoms with Crippen LogP contribution < -0.4 is 10.6 Å². The SMILES string of the molecule is CCC(NC(=O)N(CC)CC(=O)NC(C)C)C(=O)O. The van der Waals surface area contributed by atoms with Crippen molar-refractivity contribution in [1.29, 1.82) is 0 Å². The number of carbonyl (C=O) groups excluding carboxylic acids is 2. The smallest absolute Gasteiger partial charge is 0.326 e. The van der Waals surface area contributed by atoms with Crippen molar-refractivity contribution in [3.63, 3.8) is 0 Å². The second-order valence-electron chi connectivity index (χ2n) is 4.48. The number of hydrogen-bond donors (Lipinski definition) is 3. The molecule has 0 radical (unpaired) electrons. The van der Waals surface area contributed by atoms with Crippen molar-refractivity contribution in [2.45, 2.75) is 46.2 Å². The molecule has 19 heavy (non-hydrogen) atoms. The highest BCUT2D eigenvalue weighted by Gasteiger charge is 2.22. The molecule has 1 atom stereocenters. The molecule has 0 aliphatic rings. The maximum absolute atomic E-state index is 11.8. The first-order chi connectivity index (χ1) is 8.81. The quantitative estimate of drug-likeness (QED) is 0.625. The first kappa shape index (κ1) is 17.2. The number of carboxylic acid groups (broad SMARTS) is 1. The van der Waals surface area contributed by atoms with Crippen molar-refractivity contribution in [2.75, 3.05) is 13.1 Å². The molecule has 1 unspecified atom stereocenters. The van der Waals surface area contributed by atoms with E-state index in [2.05, 4.69) is 10.6 Å². The molecule has 7 heteroatoms. The second kappa shape index (κ2) is 8.34. The zero-order valence-corrected chi connectivity index (χ0v) is 11.9. The third kappa shape index (κ3) is 6.64. The highest BCUT2D eigenvalue weighted by Crippen LogP contribution is 1.96. The van der Waals surface area contributed by atoms with E-state index in [4.69, 9.17) is 5.11 Å². The molecule has 0 heterocycles. The van der Waals surface area contributed by atoms with Crippen LogP contribution in [0.2, 0.25) is 0 Å². The maximum Gasteiger partial charge on any atom is 0.326 e. The van der Waals surface area contributed by atoms with Gasteiger partial charge in [-0.15, -0.1) is 0 Å². The Bertz CT molecular complexity index is 331. The molecule has 3 N–H and O–H groups in total. The summed E-state index contributed by atoms with van der Waals surface area (Å²) in [6.07, 6.45) is 0.289. The van der Waals surface area contributed by atoms with Crippen molar-refractivity contribution in [2.24, 2.45) is 0 Å². The van der Waals surface area contributed by atoms with E-state index >= 15 is 0 Å². The molecule has 0 aromatic carbocycles. The minimum Gasteiger partial charge on any atom is -0.480 e. The molecule has 0 fully saturated rings. The van der Waals surface area contributed by atoms with E-state index < -0.39 is 18.0 Å². The summed E-state index contributed by atoms with van der Waals surface area (Å²) >= 11 is 0. The molecule has 0 aromatic heterocycles. The standard InChI is InChI=1S/C12H23N3O4/c1-5-9(11(17)18)14-12(19)15(6-2)7-10(16)13-8(3)4/h8-9H,5-7H2,1-4H3,(H,13,16)(H,14,19)(H,17,18). The number of carboxylic acids is 1. The summed E-state index contributed by atoms with van der Waals surface area (Å²) in [5.41, 5.74) is 0. The molecular formula is C12H23N3O4. The molecule has 0 rings (SSSR count). The van der Waals surface area contributed by atoms with Crippen LogP contribution >= 0.6 is 0 Å². The first-order valence-electron chi connectivity index (χ1n) is 6.39. The predicted molar refractivity (Wildman–Crippen MR) is 70.8 cm³/mol. The van der Waals surface area contributed by atoms with Crippen LogP contribution in [0.25, 0.3) is 0 Å². The fourth-order valence-corrected chi connectivity index (χ4v) is 1.45. The molecule has 7 nitrogen and oxygen atoms in total. The molecule has 0 aliphatic heterocycles. The van der Waals surface area contributed by atoms with Gasteiger partial charge in [-0.3, -0.25) is 4.79 Å². The van der Waals surface area contributed by atoms with E-state index in [1.165, 1.54) is 4.90 Å². The Morgan fingerprint density at radius 1 is 1.16 bits per heavy atom. The van der Waals surface area contributed by atoms with Crippen LogP contribution in [0.3, 0.4) is 0 Å². The summed E-state index contributed by atoms with van der Waals surface area (Å²) in [4.78, 5) is 35.5. The number of urea groups is 1. The third-order valence-corrected chi connectivity index (χ3v) is 2.46. The topological polar surface area (TPSA) is 98.7 Å². The number of aliphatic carboxylic acids is 1. The molecule has 0 saturated heterocycles. The van der Waals surface area contributed by atoms with Crippen LogP contribution in [-0.2, 0) is 9.59 Å². The molecule has 0 saturated carbocycles. The lowest BCUT2D eigenvalue weighted by atomic mass is 10.2. The van der Waals surface area contributed by atoms with Crippen LogP contribution in [0.4, 0.5) is 4.79 Å². The molecule has 0 aliphatic carbocycles. The van der Waals surface area contributed by atoms with Gasteiger partial charge in [-0.1, -0.05) is 6.92 Å². The van der Waals surface area contributed by atoms with Crippen LogP contribution in [0.5, 0.6) is 0 Å². The van der Waals surface area contributed by atoms with Crippen LogP contribution in [0.1, 0.15) is 34.1 Å². The average Bonchev–Trinajstić information content (AvgIpc) is 2.31. The third-order valence-electron chi connectivity index (χ3n) is 2.46. The molecule has 110 valence electrons. The zero-order chi connectivity index (χ0) is 15.0. The van der Waals surface area contributed by atoms with Crippen molar-refractivity contribution >= 4 is 17.9 Å². The van der Waals surface area contributed by atoms with Gasteiger partial charge in [0.2, 0.25) is 5.91 Å². The number of amides is 3. The zero-order valence-electron chi connectivity index (χ0n) is 11.9. The normalized spacial score (nSPS) is 11.8. The Labute approximate surface area is 113 Å². The Hall–Kier alpha value is -1.79. The molecule has 3 amide bonds. The average molecular weight is 273 g/mol. The fraction of sp³-hybridized carbons (Fsp3) is 0.750. The summed E-state index contributed by atoms with van der Waals surface area (Å²) in [6, 6.07) is -1.48. The second-order valence-corrected chi connectivity index (χ2v) is 4.48. The van der Waals surface area contributed by atoms with E-state index in [0.717, 1.165) is 0 Å². The number of nitrogens with zero attached hydrogens (tertiary/aromatic N) is 1. The Kier molecular flexibility index (Phi) is 7.55. The first-order valence-corrected chi connectivity index (χ1v) is 6.39. The van der Waals surface area contributed by atoms with E-state index in [9.17, 15) is 14.4 Å². The summed E-state index contributed by atoms with van der Waals surface area (Å²) < 4.78 is 0. The summed E-state index contributed by atoms with van der Waals surface area (Å²) in [5.74, 6) is -1.35. The van der Waals surface area contributed by atoms with Gasteiger partial charge < -0.3 is 20.6 Å². The van der Waals surface area contributed by atoms with E-state index in [1.54, 1.807) is 13.8 Å². The molecule has 0 spiro atoms. The molecule has 0 bridgehead atoms. The maximum atomic E-state index is 11.8. The Morgan fingerprint density at radius 3 is 2.11 bits per heavy atom. The molecular weight excluding hydrogens is 250 g/mol. The minimum atomic E-state index is -1.08. The van der Waals surface area contributed by atoms with Crippen molar-refractivity contribution in [3.8, 4) is 0 Å². The number of nitrogens with one attached hydrogen (secondary N) is 2. The summed E-state index contributed by atoms with van der Waals surface area (Å²) in [7, 11) is 0.